The molecule has 106 valence electrons. The van der Waals surface area contributed by atoms with Crippen molar-refractivity contribution in [2.45, 2.75) is 31.7 Å². The highest BCUT2D eigenvalue weighted by Crippen LogP contribution is 2.33. The second-order valence-corrected chi connectivity index (χ2v) is 6.16. The first-order valence-corrected chi connectivity index (χ1v) is 7.77. The number of nitrogens with one attached hydrogen (secondary N) is 1. The first-order chi connectivity index (χ1) is 9.76. The van der Waals surface area contributed by atoms with E-state index < -0.39 is 0 Å². The van der Waals surface area contributed by atoms with Crippen LogP contribution in [0.3, 0.4) is 0 Å². The van der Waals surface area contributed by atoms with Crippen molar-refractivity contribution in [2.24, 2.45) is 5.92 Å². The Balaban J connectivity index is 1.66. The second kappa shape index (κ2) is 6.06. The largest absolute Gasteiger partial charge is 0.339 e. The summed E-state index contributed by atoms with van der Waals surface area (Å²) in [6.07, 6.45) is 4.13. The van der Waals surface area contributed by atoms with E-state index in [4.69, 9.17) is 4.52 Å². The molecule has 0 amide bonds. The van der Waals surface area contributed by atoms with E-state index in [2.05, 4.69) is 37.5 Å². The summed E-state index contributed by atoms with van der Waals surface area (Å²) >= 11 is 3.54. The van der Waals surface area contributed by atoms with E-state index in [1.165, 1.54) is 18.4 Å². The number of likely N-dealkylation sites (N-methyl/N-ethyl adjacent to an activating group) is 1. The lowest BCUT2D eigenvalue weighted by Gasteiger charge is -2.11. The molecule has 1 unspecified atom stereocenters. The molecule has 3 rings (SSSR count). The quantitative estimate of drug-likeness (QED) is 0.881. The lowest BCUT2D eigenvalue weighted by molar-refractivity contribution is 0.349. The lowest BCUT2D eigenvalue weighted by atomic mass is 10.1. The molecule has 5 heteroatoms. The van der Waals surface area contributed by atoms with Gasteiger partial charge in [-0.15, -0.1) is 0 Å². The van der Waals surface area contributed by atoms with Crippen LogP contribution in [0.5, 0.6) is 0 Å². The highest BCUT2D eigenvalue weighted by atomic mass is 79.9. The molecule has 1 N–H and O–H groups in total. The first-order valence-electron chi connectivity index (χ1n) is 6.98. The van der Waals surface area contributed by atoms with E-state index in [9.17, 15) is 0 Å². The molecule has 1 fully saturated rings. The minimum atomic E-state index is 0.465. The fraction of sp³-hybridized carbons (Fsp3) is 0.467. The summed E-state index contributed by atoms with van der Waals surface area (Å²) in [5, 5.41) is 7.43. The fourth-order valence-corrected chi connectivity index (χ4v) is 2.87. The Morgan fingerprint density at radius 3 is 2.90 bits per heavy atom. The van der Waals surface area contributed by atoms with Crippen molar-refractivity contribution in [1.82, 2.24) is 15.5 Å². The van der Waals surface area contributed by atoms with Crippen molar-refractivity contribution < 1.29 is 4.52 Å². The number of rotatable bonds is 6. The molecule has 1 saturated carbocycles. The number of hydrogen-bond acceptors (Lipinski definition) is 4. The van der Waals surface area contributed by atoms with E-state index in [0.717, 1.165) is 28.5 Å². The first kappa shape index (κ1) is 13.8. The number of hydrogen-bond donors (Lipinski definition) is 1. The highest BCUT2D eigenvalue weighted by molar-refractivity contribution is 9.10. The molecule has 1 heterocycles. The SMILES string of the molecule is CNC(Cc1nc(Cc2ccccc2Br)no1)C1CC1. The normalized spacial score (nSPS) is 16.3. The van der Waals surface area contributed by atoms with Crippen LogP contribution in [0.1, 0.15) is 30.1 Å². The third-order valence-corrected chi connectivity index (χ3v) is 4.55. The van der Waals surface area contributed by atoms with Crippen molar-refractivity contribution in [1.29, 1.82) is 0 Å². The summed E-state index contributed by atoms with van der Waals surface area (Å²) in [5.74, 6) is 2.26. The van der Waals surface area contributed by atoms with Gasteiger partial charge in [-0.25, -0.2) is 0 Å². The van der Waals surface area contributed by atoms with Gasteiger partial charge in [0.1, 0.15) is 0 Å². The van der Waals surface area contributed by atoms with Gasteiger partial charge in [0, 0.05) is 23.4 Å². The molecule has 1 aromatic carbocycles. The maximum atomic E-state index is 5.37. The summed E-state index contributed by atoms with van der Waals surface area (Å²) < 4.78 is 6.45. The molecule has 20 heavy (non-hydrogen) atoms. The fourth-order valence-electron chi connectivity index (χ4n) is 2.45. The van der Waals surface area contributed by atoms with Crippen LogP contribution in [0.4, 0.5) is 0 Å². The predicted octanol–water partition coefficient (Wildman–Crippen LogP) is 2.96. The zero-order valence-electron chi connectivity index (χ0n) is 11.5. The molecule has 1 aromatic heterocycles. The maximum absolute atomic E-state index is 5.37. The second-order valence-electron chi connectivity index (χ2n) is 5.31. The third-order valence-electron chi connectivity index (χ3n) is 3.77. The molecule has 1 aliphatic carbocycles. The van der Waals surface area contributed by atoms with E-state index in [1.54, 1.807) is 0 Å². The molecule has 0 saturated heterocycles. The Kier molecular flexibility index (Phi) is 4.17. The summed E-state index contributed by atoms with van der Waals surface area (Å²) in [5.41, 5.74) is 1.17. The summed E-state index contributed by atoms with van der Waals surface area (Å²) in [6.45, 7) is 0. The van der Waals surface area contributed by atoms with Crippen LogP contribution in [0.25, 0.3) is 0 Å². The Morgan fingerprint density at radius 1 is 1.40 bits per heavy atom. The van der Waals surface area contributed by atoms with Crippen molar-refractivity contribution in [3.63, 3.8) is 0 Å². The minimum Gasteiger partial charge on any atom is -0.339 e. The zero-order valence-corrected chi connectivity index (χ0v) is 13.1. The zero-order chi connectivity index (χ0) is 13.9. The lowest BCUT2D eigenvalue weighted by Crippen LogP contribution is -2.29. The van der Waals surface area contributed by atoms with E-state index in [-0.39, 0.29) is 0 Å². The van der Waals surface area contributed by atoms with E-state index >= 15 is 0 Å². The smallest absolute Gasteiger partial charge is 0.228 e. The highest BCUT2D eigenvalue weighted by Gasteiger charge is 2.31. The average molecular weight is 336 g/mol. The number of nitrogens with zero attached hydrogens (tertiary/aromatic N) is 2. The Bertz CT molecular complexity index is 580. The van der Waals surface area contributed by atoms with Gasteiger partial charge in [-0.2, -0.15) is 4.98 Å². The Labute approximate surface area is 127 Å². The van der Waals surface area contributed by atoms with Crippen molar-refractivity contribution >= 4 is 15.9 Å². The molecule has 1 atom stereocenters. The maximum Gasteiger partial charge on any atom is 0.228 e. The molecule has 0 aliphatic heterocycles. The Morgan fingerprint density at radius 2 is 2.20 bits per heavy atom. The topological polar surface area (TPSA) is 51.0 Å². The average Bonchev–Trinajstić information content (AvgIpc) is 3.20. The van der Waals surface area contributed by atoms with Crippen LogP contribution in [-0.4, -0.2) is 23.2 Å². The van der Waals surface area contributed by atoms with Gasteiger partial charge in [-0.05, 0) is 37.4 Å². The van der Waals surface area contributed by atoms with Crippen LogP contribution in [0.15, 0.2) is 33.3 Å². The molecule has 1 aliphatic rings. The number of benzene rings is 1. The van der Waals surface area contributed by atoms with Gasteiger partial charge in [0.05, 0.1) is 0 Å². The number of halogens is 1. The van der Waals surface area contributed by atoms with Gasteiger partial charge in [0.25, 0.3) is 0 Å². The van der Waals surface area contributed by atoms with E-state index in [1.807, 2.05) is 25.2 Å². The molecule has 2 aromatic rings. The molecular weight excluding hydrogens is 318 g/mol. The van der Waals surface area contributed by atoms with Crippen LogP contribution < -0.4 is 5.32 Å². The van der Waals surface area contributed by atoms with Crippen LogP contribution in [0.2, 0.25) is 0 Å². The van der Waals surface area contributed by atoms with Gasteiger partial charge >= 0.3 is 0 Å². The van der Waals surface area contributed by atoms with Gasteiger partial charge in [-0.3, -0.25) is 0 Å². The van der Waals surface area contributed by atoms with Gasteiger partial charge < -0.3 is 9.84 Å². The summed E-state index contributed by atoms with van der Waals surface area (Å²) in [4.78, 5) is 4.51. The van der Waals surface area contributed by atoms with Crippen molar-refractivity contribution in [2.75, 3.05) is 7.05 Å². The molecule has 0 spiro atoms. The van der Waals surface area contributed by atoms with Gasteiger partial charge in [0.15, 0.2) is 5.82 Å². The summed E-state index contributed by atoms with van der Waals surface area (Å²) in [6, 6.07) is 8.58. The molecule has 4 nitrogen and oxygen atoms in total. The van der Waals surface area contributed by atoms with Crippen molar-refractivity contribution in [3.05, 3.63) is 46.0 Å². The van der Waals surface area contributed by atoms with Crippen LogP contribution in [-0.2, 0) is 12.8 Å². The van der Waals surface area contributed by atoms with Crippen molar-refractivity contribution in [3.8, 4) is 0 Å². The van der Waals surface area contributed by atoms with Crippen LogP contribution in [0, 0.1) is 5.92 Å². The molecule has 0 bridgehead atoms. The van der Waals surface area contributed by atoms with E-state index in [0.29, 0.717) is 12.5 Å². The summed E-state index contributed by atoms with van der Waals surface area (Å²) in [7, 11) is 2.00. The van der Waals surface area contributed by atoms with Gasteiger partial charge in [-0.1, -0.05) is 39.3 Å². The predicted molar refractivity (Wildman–Crippen MR) is 80.5 cm³/mol. The molecule has 0 radical (unpaired) electrons. The van der Waals surface area contributed by atoms with Crippen LogP contribution >= 0.6 is 15.9 Å². The minimum absolute atomic E-state index is 0.465. The standard InChI is InChI=1S/C15H18BrN3O/c1-17-13(10-6-7-10)9-15-18-14(19-20-15)8-11-4-2-3-5-12(11)16/h2-5,10,13,17H,6-9H2,1H3. The van der Waals surface area contributed by atoms with Gasteiger partial charge in [0.2, 0.25) is 5.89 Å². The monoisotopic (exact) mass is 335 g/mol. The third kappa shape index (κ3) is 3.27. The molecular formula is C15H18BrN3O. The Hall–Kier alpha value is -1.20. The number of aromatic nitrogens is 2.